The number of benzene rings is 3. The van der Waals surface area contributed by atoms with Crippen LogP contribution in [0.2, 0.25) is 0 Å². The lowest BCUT2D eigenvalue weighted by Crippen LogP contribution is -2.45. The second-order valence-electron chi connectivity index (χ2n) is 16.1. The van der Waals surface area contributed by atoms with Crippen molar-refractivity contribution in [1.29, 1.82) is 5.26 Å². The van der Waals surface area contributed by atoms with E-state index in [1.165, 1.54) is 101 Å². The Kier molecular flexibility index (Phi) is 15.6. The molecular weight excluding hydrogens is 787 g/mol. The van der Waals surface area contributed by atoms with Crippen LogP contribution in [0.3, 0.4) is 0 Å². The van der Waals surface area contributed by atoms with Crippen LogP contribution in [0.1, 0.15) is 95.6 Å². The fourth-order valence-electron chi connectivity index (χ4n) is 8.74. The molecule has 1 aliphatic heterocycles. The zero-order valence-corrected chi connectivity index (χ0v) is 35.5. The average Bonchev–Trinajstić information content (AvgIpc) is 3.68. The molecule has 1 aromatic heterocycles. The van der Waals surface area contributed by atoms with Crippen molar-refractivity contribution in [2.45, 2.75) is 102 Å². The molecule has 12 nitrogen and oxygen atoms in total. The number of carbonyl (C=O) groups is 2. The Labute approximate surface area is 355 Å². The maximum absolute atomic E-state index is 14.9. The summed E-state index contributed by atoms with van der Waals surface area (Å²) in [4.78, 5) is 43.0. The van der Waals surface area contributed by atoms with E-state index in [2.05, 4.69) is 31.3 Å². The maximum Gasteiger partial charge on any atom is 0.261 e. The lowest BCUT2D eigenvalue weighted by Gasteiger charge is -2.44. The number of aromatic nitrogens is 2. The number of likely N-dealkylation sites (tertiary alicyclic amines) is 1. The Balaban J connectivity index is 0.000000299. The molecule has 4 aromatic rings. The van der Waals surface area contributed by atoms with E-state index >= 15 is 0 Å². The average molecular weight is 843 g/mol. The van der Waals surface area contributed by atoms with Crippen molar-refractivity contribution in [3.8, 4) is 17.6 Å². The molecule has 0 radical (unpaired) electrons. The van der Waals surface area contributed by atoms with Gasteiger partial charge in [0.15, 0.2) is 11.6 Å². The molecule has 15 heteroatoms. The van der Waals surface area contributed by atoms with E-state index in [9.17, 15) is 28.4 Å². The highest BCUT2D eigenvalue weighted by Gasteiger charge is 2.43. The molecule has 3 aromatic carbocycles. The highest BCUT2D eigenvalue weighted by molar-refractivity contribution is 7.98. The molecule has 60 heavy (non-hydrogen) atoms. The first-order valence-electron chi connectivity index (χ1n) is 21.0. The molecule has 320 valence electrons. The van der Waals surface area contributed by atoms with Gasteiger partial charge in [0.1, 0.15) is 35.5 Å². The van der Waals surface area contributed by atoms with Crippen molar-refractivity contribution in [2.75, 3.05) is 43.8 Å². The van der Waals surface area contributed by atoms with Crippen LogP contribution in [-0.4, -0.2) is 76.8 Å². The Morgan fingerprint density at radius 3 is 2.57 bits per heavy atom. The van der Waals surface area contributed by atoms with E-state index in [-0.39, 0.29) is 46.8 Å². The summed E-state index contributed by atoms with van der Waals surface area (Å²) in [5, 5.41) is 15.7. The SMILES string of the molecule is CCN(C)SNc1ccc(F)c(Oc2ccc3ncn(C4CCC5(CCN(C6CCCCC6)CC5)C4)c(=O)c3c2)c1C#N.CNC(=O)C(CCC=O)Nc1cccc(F)c1. The lowest BCUT2D eigenvalue weighted by atomic mass is 9.76. The smallest absolute Gasteiger partial charge is 0.261 e. The van der Waals surface area contributed by atoms with Gasteiger partial charge in [0.2, 0.25) is 5.91 Å². The highest BCUT2D eigenvalue weighted by atomic mass is 32.2. The maximum atomic E-state index is 14.9. The predicted molar refractivity (Wildman–Crippen MR) is 233 cm³/mol. The topological polar surface area (TPSA) is 145 Å². The first-order chi connectivity index (χ1) is 29.1. The van der Waals surface area contributed by atoms with Crippen LogP contribution in [0.15, 0.2) is 65.7 Å². The second-order valence-corrected chi connectivity index (χ2v) is 17.1. The van der Waals surface area contributed by atoms with E-state index in [4.69, 9.17) is 4.74 Å². The third-order valence-electron chi connectivity index (χ3n) is 12.3. The van der Waals surface area contributed by atoms with Gasteiger partial charge in [0.25, 0.3) is 5.56 Å². The molecule has 2 saturated carbocycles. The quantitative estimate of drug-likeness (QED) is 0.0830. The number of likely N-dealkylation sites (N-methyl/N-ethyl adjacent to an activating group) is 1. The number of anilines is 2. The van der Waals surface area contributed by atoms with E-state index in [1.807, 2.05) is 22.8 Å². The van der Waals surface area contributed by atoms with Crippen molar-refractivity contribution >= 4 is 46.6 Å². The van der Waals surface area contributed by atoms with Gasteiger partial charge in [-0.05, 0) is 125 Å². The Morgan fingerprint density at radius 1 is 1.08 bits per heavy atom. The van der Waals surface area contributed by atoms with Gasteiger partial charge in [-0.15, -0.1) is 0 Å². The number of rotatable bonds is 14. The van der Waals surface area contributed by atoms with Gasteiger partial charge in [-0.3, -0.25) is 14.2 Å². The minimum absolute atomic E-state index is 0.0616. The van der Waals surface area contributed by atoms with Crippen molar-refractivity contribution < 1.29 is 23.1 Å². The van der Waals surface area contributed by atoms with Crippen molar-refractivity contribution in [2.24, 2.45) is 5.41 Å². The number of halogens is 2. The van der Waals surface area contributed by atoms with E-state index in [0.717, 1.165) is 38.1 Å². The molecule has 3 fully saturated rings. The van der Waals surface area contributed by atoms with Gasteiger partial charge in [-0.2, -0.15) is 5.26 Å². The lowest BCUT2D eigenvalue weighted by molar-refractivity contribution is -0.121. The van der Waals surface area contributed by atoms with Crippen molar-refractivity contribution in [3.63, 3.8) is 0 Å². The summed E-state index contributed by atoms with van der Waals surface area (Å²) in [7, 11) is 3.43. The van der Waals surface area contributed by atoms with E-state index < -0.39 is 11.9 Å². The number of piperidine rings is 1. The summed E-state index contributed by atoms with van der Waals surface area (Å²) in [6.07, 6.45) is 15.5. The standard InChI is InChI=1S/C33H41FN6O2S.C12H15FN2O2/c1-3-38(2)43-37-30-12-10-28(34)31(27(30)21-35)42-25-9-11-29-26(19-25)32(41)40(22-36-29)24-13-14-33(20-24)15-17-39(18-16-33)23-7-5-4-6-8-23;1-14-12(17)11(6-3-7-16)15-10-5-2-4-9(13)8-10/h9-12,19,22-24,37H,3-8,13-18,20H2,1-2H3;2,4-5,7-8,11,15H,3,6H2,1H3,(H,14,17). The zero-order chi connectivity index (χ0) is 42.6. The molecule has 1 saturated heterocycles. The summed E-state index contributed by atoms with van der Waals surface area (Å²) in [5.41, 5.74) is 1.80. The summed E-state index contributed by atoms with van der Waals surface area (Å²) >= 11 is 1.31. The molecule has 2 aliphatic carbocycles. The van der Waals surface area contributed by atoms with E-state index in [1.54, 1.807) is 36.7 Å². The molecule has 2 atom stereocenters. The Bertz CT molecular complexity index is 2200. The number of fused-ring (bicyclic) bond motifs is 1. The summed E-state index contributed by atoms with van der Waals surface area (Å²) < 4.78 is 40.7. The van der Waals surface area contributed by atoms with Gasteiger partial charge in [-0.25, -0.2) is 18.1 Å². The molecule has 1 spiro atoms. The molecule has 3 aliphatic rings. The zero-order valence-electron chi connectivity index (χ0n) is 34.7. The minimum atomic E-state index is -0.648. The van der Waals surface area contributed by atoms with Gasteiger partial charge < -0.3 is 29.8 Å². The summed E-state index contributed by atoms with van der Waals surface area (Å²) in [6, 6.07) is 16.1. The molecule has 7 rings (SSSR count). The molecule has 3 N–H and O–H groups in total. The summed E-state index contributed by atoms with van der Waals surface area (Å²) in [6.45, 7) is 5.14. The largest absolute Gasteiger partial charge is 0.453 e. The third kappa shape index (κ3) is 11.0. The Hall–Kier alpha value is -5.04. The minimum Gasteiger partial charge on any atom is -0.453 e. The fourth-order valence-corrected chi connectivity index (χ4v) is 9.29. The van der Waals surface area contributed by atoms with E-state index in [0.29, 0.717) is 34.1 Å². The number of nitrogens with one attached hydrogen (secondary N) is 3. The summed E-state index contributed by atoms with van der Waals surface area (Å²) in [5.74, 6) is -1.14. The molecule has 0 bridgehead atoms. The number of hydrogen-bond donors (Lipinski definition) is 3. The van der Waals surface area contributed by atoms with Crippen LogP contribution in [0, 0.1) is 28.4 Å². The van der Waals surface area contributed by atoms with Crippen LogP contribution in [0.25, 0.3) is 10.9 Å². The number of hydrogen-bond acceptors (Lipinski definition) is 11. The van der Waals surface area contributed by atoms with Gasteiger partial charge in [0, 0.05) is 49.9 Å². The normalized spacial score (nSPS) is 18.3. The van der Waals surface area contributed by atoms with Crippen molar-refractivity contribution in [3.05, 3.63) is 88.5 Å². The highest BCUT2D eigenvalue weighted by Crippen LogP contribution is 2.51. The number of nitriles is 1. The van der Waals surface area contributed by atoms with Crippen molar-refractivity contribution in [1.82, 2.24) is 24.1 Å². The fraction of sp³-hybridized carbons (Fsp3) is 0.489. The first kappa shape index (κ1) is 44.5. The number of nitrogens with zero attached hydrogens (tertiary/aromatic N) is 5. The number of carbonyl (C=O) groups excluding carboxylic acids is 2. The number of aldehydes is 1. The third-order valence-corrected chi connectivity index (χ3v) is 13.2. The molecular formula is C45H56F2N8O4S. The second kappa shape index (κ2) is 21.0. The monoisotopic (exact) mass is 842 g/mol. The van der Waals surface area contributed by atoms with Crippen LogP contribution >= 0.6 is 12.1 Å². The van der Waals surface area contributed by atoms with Crippen LogP contribution in [-0.2, 0) is 9.59 Å². The van der Waals surface area contributed by atoms with Crippen LogP contribution in [0.5, 0.6) is 11.5 Å². The van der Waals surface area contributed by atoms with Gasteiger partial charge >= 0.3 is 0 Å². The molecule has 1 amide bonds. The first-order valence-corrected chi connectivity index (χ1v) is 21.8. The van der Waals surface area contributed by atoms with Crippen LogP contribution in [0.4, 0.5) is 20.2 Å². The number of amides is 1. The Morgan fingerprint density at radius 2 is 1.87 bits per heavy atom. The van der Waals surface area contributed by atoms with Gasteiger partial charge in [-0.1, -0.05) is 32.3 Å². The van der Waals surface area contributed by atoms with Gasteiger partial charge in [0.05, 0.1) is 22.9 Å². The van der Waals surface area contributed by atoms with Crippen LogP contribution < -0.4 is 25.7 Å². The predicted octanol–water partition coefficient (Wildman–Crippen LogP) is 8.60. The number of ether oxygens (including phenoxy) is 1. The molecule has 2 heterocycles. The molecule has 2 unspecified atom stereocenters.